The predicted octanol–water partition coefficient (Wildman–Crippen LogP) is 3.30. The second-order valence-corrected chi connectivity index (χ2v) is 7.14. The van der Waals surface area contributed by atoms with Gasteiger partial charge in [0.05, 0.1) is 5.69 Å². The van der Waals surface area contributed by atoms with Crippen molar-refractivity contribution in [2.45, 2.75) is 34.2 Å². The molecule has 30 heavy (non-hydrogen) atoms. The lowest BCUT2D eigenvalue weighted by atomic mass is 10.1. The van der Waals surface area contributed by atoms with Crippen LogP contribution in [0.25, 0.3) is 0 Å². The van der Waals surface area contributed by atoms with Crippen molar-refractivity contribution in [3.63, 3.8) is 0 Å². The molecule has 8 nitrogen and oxygen atoms in total. The molecule has 0 aliphatic heterocycles. The van der Waals surface area contributed by atoms with Crippen LogP contribution in [0.15, 0.2) is 42.5 Å². The van der Waals surface area contributed by atoms with Gasteiger partial charge in [0.2, 0.25) is 5.91 Å². The van der Waals surface area contributed by atoms with Crippen molar-refractivity contribution in [1.29, 1.82) is 0 Å². The molecule has 0 bridgehead atoms. The largest absolute Gasteiger partial charge is 0.324 e. The van der Waals surface area contributed by atoms with Gasteiger partial charge in [0.15, 0.2) is 11.5 Å². The molecule has 0 aliphatic carbocycles. The summed E-state index contributed by atoms with van der Waals surface area (Å²) in [7, 11) is 0. The van der Waals surface area contributed by atoms with Crippen LogP contribution in [0.2, 0.25) is 0 Å². The number of ketones is 1. The number of nitrogens with zero attached hydrogens (tertiary/aromatic N) is 3. The quantitative estimate of drug-likeness (QED) is 0.612. The van der Waals surface area contributed by atoms with E-state index in [0.29, 0.717) is 22.6 Å². The van der Waals surface area contributed by atoms with E-state index in [2.05, 4.69) is 20.9 Å². The summed E-state index contributed by atoms with van der Waals surface area (Å²) in [6, 6.07) is 12.4. The molecule has 0 spiro atoms. The number of aromatic nitrogens is 3. The van der Waals surface area contributed by atoms with Gasteiger partial charge in [-0.05, 0) is 51.5 Å². The zero-order chi connectivity index (χ0) is 21.8. The van der Waals surface area contributed by atoms with Crippen molar-refractivity contribution < 1.29 is 14.4 Å². The molecule has 154 valence electrons. The second kappa shape index (κ2) is 8.69. The maximum atomic E-state index is 12.6. The van der Waals surface area contributed by atoms with E-state index >= 15 is 0 Å². The first-order valence-corrected chi connectivity index (χ1v) is 9.44. The highest BCUT2D eigenvalue weighted by atomic mass is 16.2. The summed E-state index contributed by atoms with van der Waals surface area (Å²) in [6.45, 7) is 6.93. The van der Waals surface area contributed by atoms with Gasteiger partial charge in [-0.2, -0.15) is 0 Å². The molecule has 8 heteroatoms. The van der Waals surface area contributed by atoms with E-state index in [4.69, 9.17) is 0 Å². The number of hydrogen-bond donors (Lipinski definition) is 2. The number of rotatable bonds is 6. The number of nitrogens with one attached hydrogen (secondary N) is 2. The number of carbonyl (C=O) groups excluding carboxylic acids is 3. The Morgan fingerprint density at radius 2 is 1.77 bits per heavy atom. The summed E-state index contributed by atoms with van der Waals surface area (Å²) in [4.78, 5) is 36.5. The fraction of sp³-hybridized carbons (Fsp3) is 0.227. The van der Waals surface area contributed by atoms with Crippen molar-refractivity contribution in [1.82, 2.24) is 15.0 Å². The van der Waals surface area contributed by atoms with Gasteiger partial charge in [-0.1, -0.05) is 35.0 Å². The van der Waals surface area contributed by atoms with Gasteiger partial charge in [-0.3, -0.25) is 14.4 Å². The van der Waals surface area contributed by atoms with E-state index in [9.17, 15) is 14.4 Å². The molecular formula is C22H23N5O3. The Morgan fingerprint density at radius 1 is 1.00 bits per heavy atom. The van der Waals surface area contributed by atoms with Crippen LogP contribution in [-0.4, -0.2) is 32.6 Å². The SMILES string of the molecule is CC(=O)c1cccc(NC(=O)Cn2nnc(C(=O)Nc3ccc(C)cc3C)c2C)c1. The first-order chi connectivity index (χ1) is 14.2. The summed E-state index contributed by atoms with van der Waals surface area (Å²) in [5, 5.41) is 13.4. The molecule has 3 rings (SSSR count). The molecule has 1 aromatic heterocycles. The zero-order valence-corrected chi connectivity index (χ0v) is 17.3. The van der Waals surface area contributed by atoms with Crippen LogP contribution < -0.4 is 10.6 Å². The van der Waals surface area contributed by atoms with Gasteiger partial charge in [0, 0.05) is 16.9 Å². The number of benzene rings is 2. The molecule has 0 saturated heterocycles. The van der Waals surface area contributed by atoms with Crippen LogP contribution in [0.5, 0.6) is 0 Å². The molecule has 2 N–H and O–H groups in total. The predicted molar refractivity (Wildman–Crippen MR) is 114 cm³/mol. The van der Waals surface area contributed by atoms with Crippen molar-refractivity contribution in [2.75, 3.05) is 10.6 Å². The van der Waals surface area contributed by atoms with E-state index in [1.807, 2.05) is 32.0 Å². The van der Waals surface area contributed by atoms with Crippen molar-refractivity contribution in [3.8, 4) is 0 Å². The topological polar surface area (TPSA) is 106 Å². The van der Waals surface area contributed by atoms with Gasteiger partial charge in [0.1, 0.15) is 6.54 Å². The molecule has 0 fully saturated rings. The average molecular weight is 405 g/mol. The Morgan fingerprint density at radius 3 is 2.47 bits per heavy atom. The zero-order valence-electron chi connectivity index (χ0n) is 17.3. The highest BCUT2D eigenvalue weighted by molar-refractivity contribution is 6.04. The molecule has 0 aliphatic rings. The molecule has 0 atom stereocenters. The molecular weight excluding hydrogens is 382 g/mol. The van der Waals surface area contributed by atoms with E-state index in [1.54, 1.807) is 31.2 Å². The maximum absolute atomic E-state index is 12.6. The van der Waals surface area contributed by atoms with Crippen LogP contribution in [0.4, 0.5) is 11.4 Å². The monoisotopic (exact) mass is 405 g/mol. The number of carbonyl (C=O) groups is 3. The molecule has 0 saturated carbocycles. The van der Waals surface area contributed by atoms with E-state index in [-0.39, 0.29) is 29.8 Å². The van der Waals surface area contributed by atoms with Crippen molar-refractivity contribution in [2.24, 2.45) is 0 Å². The highest BCUT2D eigenvalue weighted by Crippen LogP contribution is 2.17. The fourth-order valence-electron chi connectivity index (χ4n) is 3.01. The molecule has 1 heterocycles. The standard InChI is InChI=1S/C22H23N5O3/c1-13-8-9-19(14(2)10-13)24-22(30)21-15(3)27(26-25-21)12-20(29)23-18-7-5-6-17(11-18)16(4)28/h5-11H,12H2,1-4H3,(H,23,29)(H,24,30). The minimum absolute atomic E-state index is 0.0855. The average Bonchev–Trinajstić information content (AvgIpc) is 3.04. The number of anilines is 2. The first-order valence-electron chi connectivity index (χ1n) is 9.44. The summed E-state index contributed by atoms with van der Waals surface area (Å²) < 4.78 is 1.36. The second-order valence-electron chi connectivity index (χ2n) is 7.14. The molecule has 2 amide bonds. The minimum atomic E-state index is -0.389. The number of Topliss-reactive ketones (excluding diaryl/α,β-unsaturated/α-hetero) is 1. The minimum Gasteiger partial charge on any atom is -0.324 e. The molecule has 0 unspecified atom stereocenters. The third kappa shape index (κ3) is 4.78. The van der Waals surface area contributed by atoms with E-state index in [1.165, 1.54) is 11.6 Å². The van der Waals surface area contributed by atoms with Gasteiger partial charge < -0.3 is 10.6 Å². The third-order valence-corrected chi connectivity index (χ3v) is 4.67. The van der Waals surface area contributed by atoms with Crippen LogP contribution in [0.1, 0.15) is 44.6 Å². The Labute approximate surface area is 174 Å². The van der Waals surface area contributed by atoms with Crippen LogP contribution >= 0.6 is 0 Å². The first kappa shape index (κ1) is 20.9. The number of aryl methyl sites for hydroxylation is 2. The van der Waals surface area contributed by atoms with Gasteiger partial charge >= 0.3 is 0 Å². The lowest BCUT2D eigenvalue weighted by molar-refractivity contribution is -0.117. The normalized spacial score (nSPS) is 10.5. The van der Waals surface area contributed by atoms with Gasteiger partial charge in [-0.15, -0.1) is 5.10 Å². The van der Waals surface area contributed by atoms with Crippen molar-refractivity contribution >= 4 is 29.0 Å². The van der Waals surface area contributed by atoms with Crippen LogP contribution in [0.3, 0.4) is 0 Å². The highest BCUT2D eigenvalue weighted by Gasteiger charge is 2.19. The summed E-state index contributed by atoms with van der Waals surface area (Å²) in [5.41, 5.74) is 4.40. The Balaban J connectivity index is 1.68. The summed E-state index contributed by atoms with van der Waals surface area (Å²) in [5.74, 6) is -0.817. The third-order valence-electron chi connectivity index (χ3n) is 4.67. The maximum Gasteiger partial charge on any atom is 0.278 e. The van der Waals surface area contributed by atoms with Crippen LogP contribution in [0, 0.1) is 20.8 Å². The molecule has 3 aromatic rings. The van der Waals surface area contributed by atoms with E-state index in [0.717, 1.165) is 11.1 Å². The molecule has 2 aromatic carbocycles. The lowest BCUT2D eigenvalue weighted by Crippen LogP contribution is -2.21. The fourth-order valence-corrected chi connectivity index (χ4v) is 3.01. The van der Waals surface area contributed by atoms with Gasteiger partial charge in [0.25, 0.3) is 5.91 Å². The van der Waals surface area contributed by atoms with E-state index < -0.39 is 0 Å². The van der Waals surface area contributed by atoms with Crippen molar-refractivity contribution in [3.05, 3.63) is 70.5 Å². The lowest BCUT2D eigenvalue weighted by Gasteiger charge is -2.09. The van der Waals surface area contributed by atoms with Crippen LogP contribution in [-0.2, 0) is 11.3 Å². The Bertz CT molecular complexity index is 1130. The summed E-state index contributed by atoms with van der Waals surface area (Å²) >= 11 is 0. The number of hydrogen-bond acceptors (Lipinski definition) is 5. The Kier molecular flexibility index (Phi) is 6.06. The Hall–Kier alpha value is -3.81. The van der Waals surface area contributed by atoms with Gasteiger partial charge in [-0.25, -0.2) is 4.68 Å². The molecule has 0 radical (unpaired) electrons. The number of amides is 2. The smallest absolute Gasteiger partial charge is 0.278 e. The summed E-state index contributed by atoms with van der Waals surface area (Å²) in [6.07, 6.45) is 0.